The van der Waals surface area contributed by atoms with Gasteiger partial charge in [0.15, 0.2) is 0 Å². The Kier molecular flexibility index (Phi) is 11.1. The van der Waals surface area contributed by atoms with E-state index in [9.17, 15) is 14.4 Å². The van der Waals surface area contributed by atoms with E-state index in [1.54, 1.807) is 32.9 Å². The molecule has 5 aromatic rings. The van der Waals surface area contributed by atoms with Gasteiger partial charge in [0, 0.05) is 12.1 Å². The average Bonchev–Trinajstić information content (AvgIpc) is 3.13. The van der Waals surface area contributed by atoms with E-state index in [1.807, 2.05) is 60.7 Å². The second kappa shape index (κ2) is 16.0. The maximum atomic E-state index is 14.7. The number of fused-ring (bicyclic) bond motifs is 1. The maximum absolute atomic E-state index is 14.7. The van der Waals surface area contributed by atoms with Gasteiger partial charge in [-0.3, -0.25) is 14.4 Å². The van der Waals surface area contributed by atoms with Crippen molar-refractivity contribution in [2.24, 2.45) is 5.92 Å². The molecule has 0 saturated heterocycles. The van der Waals surface area contributed by atoms with Crippen molar-refractivity contribution >= 4 is 17.8 Å². The van der Waals surface area contributed by atoms with Gasteiger partial charge in [-0.15, -0.1) is 0 Å². The van der Waals surface area contributed by atoms with Crippen LogP contribution in [0.5, 0.6) is 0 Å². The minimum atomic E-state index is -0.628. The molecule has 2 amide bonds. The Labute approximate surface area is 301 Å². The summed E-state index contributed by atoms with van der Waals surface area (Å²) in [5, 5.41) is 2.66. The first-order chi connectivity index (χ1) is 24.6. The van der Waals surface area contributed by atoms with E-state index in [0.29, 0.717) is 12.1 Å². The molecule has 2 unspecified atom stereocenters. The van der Waals surface area contributed by atoms with Gasteiger partial charge in [0.05, 0.1) is 12.5 Å². The summed E-state index contributed by atoms with van der Waals surface area (Å²) >= 11 is 0. The molecular weight excluding hydrogens is 633 g/mol. The smallest absolute Gasteiger partial charge is 0.325 e. The van der Waals surface area contributed by atoms with E-state index in [-0.39, 0.29) is 36.7 Å². The van der Waals surface area contributed by atoms with Crippen LogP contribution in [0.4, 0.5) is 0 Å². The zero-order valence-electron chi connectivity index (χ0n) is 29.7. The van der Waals surface area contributed by atoms with Gasteiger partial charge in [0.2, 0.25) is 5.91 Å². The fourth-order valence-corrected chi connectivity index (χ4v) is 7.09. The SMILES string of the molecule is CC(C)(C)OC(=O)CNC(=O)c1cccc(-c2cccc(CC(=O)N(Cc3ccccc3)C3c4ccccc4CCC3Cc3ccccc3)c2)c1. The summed E-state index contributed by atoms with van der Waals surface area (Å²) in [5.74, 6) is -0.506. The van der Waals surface area contributed by atoms with Crippen molar-refractivity contribution in [1.29, 1.82) is 0 Å². The lowest BCUT2D eigenvalue weighted by molar-refractivity contribution is -0.153. The number of carbonyl (C=O) groups excluding carboxylic acids is 3. The first kappa shape index (κ1) is 35.3. The number of aryl methyl sites for hydroxylation is 1. The second-order valence-electron chi connectivity index (χ2n) is 14.4. The van der Waals surface area contributed by atoms with Gasteiger partial charge >= 0.3 is 5.97 Å². The molecule has 1 N–H and O–H groups in total. The summed E-state index contributed by atoms with van der Waals surface area (Å²) in [5.41, 5.74) is 7.40. The fourth-order valence-electron chi connectivity index (χ4n) is 7.09. The van der Waals surface area contributed by atoms with Crippen LogP contribution in [0, 0.1) is 5.92 Å². The highest BCUT2D eigenvalue weighted by atomic mass is 16.6. The minimum Gasteiger partial charge on any atom is -0.459 e. The van der Waals surface area contributed by atoms with Crippen molar-refractivity contribution in [1.82, 2.24) is 10.2 Å². The Bertz CT molecular complexity index is 1970. The predicted molar refractivity (Wildman–Crippen MR) is 202 cm³/mol. The molecule has 6 nitrogen and oxygen atoms in total. The molecule has 0 aliphatic heterocycles. The molecule has 0 aromatic heterocycles. The molecule has 2 atom stereocenters. The third-order valence-corrected chi connectivity index (χ3v) is 9.35. The van der Waals surface area contributed by atoms with Crippen molar-refractivity contribution in [3.8, 4) is 11.1 Å². The Hall–Kier alpha value is -5.49. The monoisotopic (exact) mass is 678 g/mol. The summed E-state index contributed by atoms with van der Waals surface area (Å²) in [6.45, 7) is 5.67. The highest BCUT2D eigenvalue weighted by Gasteiger charge is 2.36. The van der Waals surface area contributed by atoms with E-state index in [2.05, 4.69) is 70.9 Å². The number of benzene rings is 5. The molecule has 0 saturated carbocycles. The van der Waals surface area contributed by atoms with Crippen LogP contribution in [0.3, 0.4) is 0 Å². The predicted octanol–water partition coefficient (Wildman–Crippen LogP) is 8.54. The average molecular weight is 679 g/mol. The molecule has 0 radical (unpaired) electrons. The summed E-state index contributed by atoms with van der Waals surface area (Å²) in [4.78, 5) is 41.9. The summed E-state index contributed by atoms with van der Waals surface area (Å²) in [6.07, 6.45) is 3.15. The topological polar surface area (TPSA) is 75.7 Å². The van der Waals surface area contributed by atoms with E-state index in [4.69, 9.17) is 4.74 Å². The van der Waals surface area contributed by atoms with Gasteiger partial charge < -0.3 is 15.0 Å². The van der Waals surface area contributed by atoms with Crippen LogP contribution < -0.4 is 5.32 Å². The van der Waals surface area contributed by atoms with Crippen molar-refractivity contribution in [3.05, 3.63) is 167 Å². The molecular formula is C45H46N2O4. The van der Waals surface area contributed by atoms with Gasteiger partial charge in [-0.05, 0) is 97.0 Å². The molecule has 0 fully saturated rings. The molecule has 0 spiro atoms. The number of ether oxygens (including phenoxy) is 1. The number of nitrogens with one attached hydrogen (secondary N) is 1. The fraction of sp³-hybridized carbons (Fsp3) is 0.267. The molecule has 1 aliphatic carbocycles. The third-order valence-electron chi connectivity index (χ3n) is 9.35. The number of esters is 1. The number of hydrogen-bond acceptors (Lipinski definition) is 4. The highest BCUT2D eigenvalue weighted by Crippen LogP contribution is 2.41. The van der Waals surface area contributed by atoms with Crippen LogP contribution in [0.25, 0.3) is 11.1 Å². The van der Waals surface area contributed by atoms with E-state index < -0.39 is 11.6 Å². The standard InChI is InChI=1S/C45H46N2O4/c1-45(2,3)51-42(49)30-46-44(50)39-22-13-21-37(29-39)36-20-12-18-34(27-36)28-41(48)47(31-33-16-8-5-9-17-33)43-38(26-32-14-6-4-7-15-32)25-24-35-19-10-11-23-40(35)43/h4-23,27,29,38,43H,24-26,28,30-31H2,1-3H3,(H,46,50). The zero-order chi connectivity index (χ0) is 35.8. The van der Waals surface area contributed by atoms with Crippen LogP contribution >= 0.6 is 0 Å². The zero-order valence-corrected chi connectivity index (χ0v) is 29.7. The van der Waals surface area contributed by atoms with Gasteiger partial charge in [0.1, 0.15) is 12.1 Å². The first-order valence-electron chi connectivity index (χ1n) is 17.8. The number of hydrogen-bond donors (Lipinski definition) is 1. The molecule has 6 rings (SSSR count). The van der Waals surface area contributed by atoms with Crippen molar-refractivity contribution in [2.45, 2.75) is 64.6 Å². The lowest BCUT2D eigenvalue weighted by atomic mass is 9.76. The number of rotatable bonds is 11. The lowest BCUT2D eigenvalue weighted by Crippen LogP contribution is -2.41. The maximum Gasteiger partial charge on any atom is 0.325 e. The Morgan fingerprint density at radius 2 is 1.35 bits per heavy atom. The summed E-state index contributed by atoms with van der Waals surface area (Å²) in [7, 11) is 0. The molecule has 5 aromatic carbocycles. The van der Waals surface area contributed by atoms with Crippen molar-refractivity contribution in [3.63, 3.8) is 0 Å². The molecule has 260 valence electrons. The molecule has 0 heterocycles. The quantitative estimate of drug-likeness (QED) is 0.142. The highest BCUT2D eigenvalue weighted by molar-refractivity contribution is 5.97. The Balaban J connectivity index is 1.26. The number of nitrogens with zero attached hydrogens (tertiary/aromatic N) is 1. The largest absolute Gasteiger partial charge is 0.459 e. The van der Waals surface area contributed by atoms with Crippen LogP contribution in [-0.4, -0.2) is 34.8 Å². The Morgan fingerprint density at radius 1 is 0.725 bits per heavy atom. The minimum absolute atomic E-state index is 0.0677. The van der Waals surface area contributed by atoms with Crippen LogP contribution in [0.1, 0.15) is 71.4 Å². The van der Waals surface area contributed by atoms with E-state index in [1.165, 1.54) is 16.7 Å². The molecule has 1 aliphatic rings. The van der Waals surface area contributed by atoms with Crippen LogP contribution in [0.15, 0.2) is 133 Å². The number of carbonyl (C=O) groups is 3. The first-order valence-corrected chi connectivity index (χ1v) is 17.8. The van der Waals surface area contributed by atoms with Crippen molar-refractivity contribution < 1.29 is 19.1 Å². The molecule has 51 heavy (non-hydrogen) atoms. The van der Waals surface area contributed by atoms with E-state index >= 15 is 0 Å². The third kappa shape index (κ3) is 9.40. The summed E-state index contributed by atoms with van der Waals surface area (Å²) in [6, 6.07) is 44.7. The normalized spacial score (nSPS) is 15.4. The van der Waals surface area contributed by atoms with Gasteiger partial charge in [-0.25, -0.2) is 0 Å². The van der Waals surface area contributed by atoms with E-state index in [0.717, 1.165) is 41.5 Å². The Morgan fingerprint density at radius 3 is 2.08 bits per heavy atom. The van der Waals surface area contributed by atoms with Gasteiger partial charge in [0.25, 0.3) is 5.91 Å². The lowest BCUT2D eigenvalue weighted by Gasteiger charge is -2.42. The molecule has 0 bridgehead atoms. The molecule has 6 heteroatoms. The second-order valence-corrected chi connectivity index (χ2v) is 14.4. The summed E-state index contributed by atoms with van der Waals surface area (Å²) < 4.78 is 5.32. The van der Waals surface area contributed by atoms with Crippen LogP contribution in [-0.2, 0) is 40.1 Å². The van der Waals surface area contributed by atoms with Crippen molar-refractivity contribution in [2.75, 3.05) is 6.54 Å². The van der Waals surface area contributed by atoms with Gasteiger partial charge in [-0.1, -0.05) is 121 Å². The van der Waals surface area contributed by atoms with Gasteiger partial charge in [-0.2, -0.15) is 0 Å². The number of amides is 2. The van der Waals surface area contributed by atoms with Crippen LogP contribution in [0.2, 0.25) is 0 Å².